The third-order valence-electron chi connectivity index (χ3n) is 5.41. The summed E-state index contributed by atoms with van der Waals surface area (Å²) in [5.41, 5.74) is 5.03. The summed E-state index contributed by atoms with van der Waals surface area (Å²) in [5, 5.41) is 6.32. The third kappa shape index (κ3) is 4.10. The maximum Gasteiger partial charge on any atom is 0.187 e. The molecule has 0 amide bonds. The van der Waals surface area contributed by atoms with Gasteiger partial charge >= 0.3 is 0 Å². The van der Waals surface area contributed by atoms with Crippen LogP contribution in [-0.2, 0) is 4.74 Å². The Morgan fingerprint density at radius 2 is 1.86 bits per heavy atom. The lowest BCUT2D eigenvalue weighted by Crippen LogP contribution is -2.36. The van der Waals surface area contributed by atoms with Crippen LogP contribution in [0.2, 0.25) is 5.15 Å². The molecule has 0 aromatic carbocycles. The zero-order valence-electron chi connectivity index (χ0n) is 17.2. The van der Waals surface area contributed by atoms with E-state index in [-0.39, 0.29) is 12.4 Å². The molecule has 4 heterocycles. The van der Waals surface area contributed by atoms with Gasteiger partial charge in [0.1, 0.15) is 5.15 Å². The van der Waals surface area contributed by atoms with E-state index in [1.807, 2.05) is 18.4 Å². The van der Waals surface area contributed by atoms with Crippen molar-refractivity contribution < 1.29 is 4.74 Å². The van der Waals surface area contributed by atoms with Crippen LogP contribution in [-0.4, -0.2) is 45.9 Å². The normalized spacial score (nSPS) is 14.6. The van der Waals surface area contributed by atoms with E-state index < -0.39 is 0 Å². The number of thiazole rings is 1. The van der Waals surface area contributed by atoms with Gasteiger partial charge in [-0.3, -0.25) is 0 Å². The van der Waals surface area contributed by atoms with Gasteiger partial charge < -0.3 is 9.64 Å². The van der Waals surface area contributed by atoms with E-state index in [1.54, 1.807) is 11.3 Å². The average molecular weight is 456 g/mol. The Morgan fingerprint density at radius 1 is 1.17 bits per heavy atom. The van der Waals surface area contributed by atoms with Gasteiger partial charge in [-0.2, -0.15) is 5.10 Å². The van der Waals surface area contributed by atoms with Gasteiger partial charge in [0.15, 0.2) is 10.8 Å². The first-order chi connectivity index (χ1) is 13.5. The fraction of sp³-hybridized carbons (Fsp3) is 0.550. The van der Waals surface area contributed by atoms with Crippen molar-refractivity contribution in [2.24, 2.45) is 0 Å². The zero-order valence-corrected chi connectivity index (χ0v) is 19.6. The van der Waals surface area contributed by atoms with Crippen molar-refractivity contribution in [3.63, 3.8) is 0 Å². The Balaban J connectivity index is 0.00000240. The van der Waals surface area contributed by atoms with Gasteiger partial charge in [0.25, 0.3) is 0 Å². The van der Waals surface area contributed by atoms with Crippen molar-refractivity contribution in [1.82, 2.24) is 19.6 Å². The molecule has 3 aromatic rings. The fourth-order valence-electron chi connectivity index (χ4n) is 3.87. The Bertz CT molecular complexity index is 993. The van der Waals surface area contributed by atoms with Crippen molar-refractivity contribution in [2.45, 2.75) is 46.5 Å². The molecule has 0 aliphatic carbocycles. The molecule has 0 saturated carbocycles. The molecule has 4 rings (SSSR count). The first kappa shape index (κ1) is 22.3. The quantitative estimate of drug-likeness (QED) is 0.523. The summed E-state index contributed by atoms with van der Waals surface area (Å²) in [6, 6.07) is 2.16. The van der Waals surface area contributed by atoms with Gasteiger partial charge in [-0.15, -0.1) is 12.4 Å². The maximum atomic E-state index is 6.60. The number of aryl methyl sites for hydroxylation is 2. The van der Waals surface area contributed by atoms with E-state index in [4.69, 9.17) is 26.4 Å². The van der Waals surface area contributed by atoms with E-state index in [2.05, 4.69) is 29.8 Å². The lowest BCUT2D eigenvalue weighted by atomic mass is 9.98. The second kappa shape index (κ2) is 9.16. The molecular weight excluding hydrogens is 429 g/mol. The molecule has 1 saturated heterocycles. The monoisotopic (exact) mass is 455 g/mol. The lowest BCUT2D eigenvalue weighted by Gasteiger charge is -2.25. The smallest absolute Gasteiger partial charge is 0.187 e. The van der Waals surface area contributed by atoms with Crippen molar-refractivity contribution in [3.8, 4) is 10.4 Å². The number of rotatable bonds is 5. The van der Waals surface area contributed by atoms with Crippen molar-refractivity contribution in [2.75, 3.05) is 31.2 Å². The fourth-order valence-corrected chi connectivity index (χ4v) is 5.31. The highest BCUT2D eigenvalue weighted by Crippen LogP contribution is 2.41. The lowest BCUT2D eigenvalue weighted by molar-refractivity contribution is 0.122. The minimum absolute atomic E-state index is 0. The molecule has 0 N–H and O–H groups in total. The Morgan fingerprint density at radius 3 is 2.52 bits per heavy atom. The van der Waals surface area contributed by atoms with E-state index >= 15 is 0 Å². The zero-order chi connectivity index (χ0) is 19.8. The summed E-state index contributed by atoms with van der Waals surface area (Å²) >= 11 is 8.22. The maximum absolute atomic E-state index is 6.60. The minimum atomic E-state index is 0. The standard InChI is InChI=1S/C20H26ClN5OS.ClH/c1-5-14(6-2)15-11-12(3)22-19-16(13(4)24-26(15)19)17-18(21)23-20(28-17)25-7-9-27-10-8-25;/h11,14H,5-10H2,1-4H3;1H. The molecule has 0 atom stereocenters. The van der Waals surface area contributed by atoms with Gasteiger partial charge in [-0.25, -0.2) is 14.5 Å². The van der Waals surface area contributed by atoms with Crippen molar-refractivity contribution in [3.05, 3.63) is 28.3 Å². The summed E-state index contributed by atoms with van der Waals surface area (Å²) in [5.74, 6) is 0.456. The Labute approximate surface area is 186 Å². The molecule has 0 unspecified atom stereocenters. The molecule has 6 nitrogen and oxygen atoms in total. The number of morpholine rings is 1. The van der Waals surface area contributed by atoms with Crippen LogP contribution in [0.3, 0.4) is 0 Å². The Kier molecular flexibility index (Phi) is 7.04. The molecule has 1 aliphatic rings. The summed E-state index contributed by atoms with van der Waals surface area (Å²) < 4.78 is 7.47. The SMILES string of the molecule is CCC(CC)c1cc(C)nc2c(-c3sc(N4CCOCC4)nc3Cl)c(C)nn12.Cl. The van der Waals surface area contributed by atoms with Gasteiger partial charge in [0, 0.05) is 30.4 Å². The predicted octanol–water partition coefficient (Wildman–Crippen LogP) is 5.29. The van der Waals surface area contributed by atoms with Crippen LogP contribution in [0.4, 0.5) is 5.13 Å². The molecule has 158 valence electrons. The van der Waals surface area contributed by atoms with Gasteiger partial charge in [0.2, 0.25) is 0 Å². The highest BCUT2D eigenvalue weighted by Gasteiger charge is 2.25. The second-order valence-electron chi connectivity index (χ2n) is 7.25. The van der Waals surface area contributed by atoms with Crippen molar-refractivity contribution >= 4 is 46.1 Å². The number of halogens is 2. The van der Waals surface area contributed by atoms with Crippen LogP contribution >= 0.6 is 35.3 Å². The number of aromatic nitrogens is 4. The van der Waals surface area contributed by atoms with E-state index in [0.717, 1.165) is 71.8 Å². The van der Waals surface area contributed by atoms with Gasteiger partial charge in [-0.05, 0) is 32.8 Å². The molecule has 9 heteroatoms. The molecule has 1 fully saturated rings. The van der Waals surface area contributed by atoms with Crippen LogP contribution < -0.4 is 4.90 Å². The van der Waals surface area contributed by atoms with Gasteiger partial charge in [-0.1, -0.05) is 36.8 Å². The summed E-state index contributed by atoms with van der Waals surface area (Å²) in [7, 11) is 0. The number of hydrogen-bond donors (Lipinski definition) is 0. The third-order valence-corrected chi connectivity index (χ3v) is 6.93. The number of ether oxygens (including phenoxy) is 1. The number of hydrogen-bond acceptors (Lipinski definition) is 6. The first-order valence-corrected chi connectivity index (χ1v) is 11.1. The van der Waals surface area contributed by atoms with Crippen molar-refractivity contribution in [1.29, 1.82) is 0 Å². The molecule has 0 bridgehead atoms. The molecule has 0 spiro atoms. The van der Waals surface area contributed by atoms with Crippen LogP contribution in [0.5, 0.6) is 0 Å². The first-order valence-electron chi connectivity index (χ1n) is 9.89. The summed E-state index contributed by atoms with van der Waals surface area (Å²) in [6.45, 7) is 11.7. The molecule has 1 aliphatic heterocycles. The summed E-state index contributed by atoms with van der Waals surface area (Å²) in [6.07, 6.45) is 2.15. The topological polar surface area (TPSA) is 55.5 Å². The number of anilines is 1. The van der Waals surface area contributed by atoms with E-state index in [0.29, 0.717) is 11.1 Å². The molecule has 29 heavy (non-hydrogen) atoms. The minimum Gasteiger partial charge on any atom is -0.378 e. The van der Waals surface area contributed by atoms with E-state index in [9.17, 15) is 0 Å². The largest absolute Gasteiger partial charge is 0.378 e. The molecule has 3 aromatic heterocycles. The van der Waals surface area contributed by atoms with Crippen LogP contribution in [0.1, 0.15) is 49.7 Å². The van der Waals surface area contributed by atoms with Crippen LogP contribution in [0.15, 0.2) is 6.07 Å². The van der Waals surface area contributed by atoms with Gasteiger partial charge in [0.05, 0.1) is 29.3 Å². The highest BCUT2D eigenvalue weighted by molar-refractivity contribution is 7.19. The molecule has 0 radical (unpaired) electrons. The average Bonchev–Trinajstić information content (AvgIpc) is 3.22. The Hall–Kier alpha value is -1.41. The number of fused-ring (bicyclic) bond motifs is 1. The number of nitrogens with zero attached hydrogens (tertiary/aromatic N) is 5. The highest BCUT2D eigenvalue weighted by atomic mass is 35.5. The molecular formula is C20H27Cl2N5OS. The second-order valence-corrected chi connectivity index (χ2v) is 8.58. The van der Waals surface area contributed by atoms with E-state index in [1.165, 1.54) is 5.69 Å². The van der Waals surface area contributed by atoms with Crippen LogP contribution in [0, 0.1) is 13.8 Å². The predicted molar refractivity (Wildman–Crippen MR) is 122 cm³/mol. The summed E-state index contributed by atoms with van der Waals surface area (Å²) in [4.78, 5) is 12.7. The van der Waals surface area contributed by atoms with Crippen LogP contribution in [0.25, 0.3) is 16.1 Å².